The number of benzene rings is 2. The smallest absolute Gasteiger partial charge is 0.288 e. The molecule has 0 saturated heterocycles. The number of carbonyl (C=O) groups excluding carboxylic acids is 2. The van der Waals surface area contributed by atoms with Gasteiger partial charge in [0.15, 0.2) is 11.9 Å². The van der Waals surface area contributed by atoms with E-state index in [4.69, 9.17) is 4.42 Å². The maximum Gasteiger partial charge on any atom is 0.288 e. The van der Waals surface area contributed by atoms with Crippen molar-refractivity contribution in [1.82, 2.24) is 5.32 Å². The second-order valence-electron chi connectivity index (χ2n) is 5.74. The molecule has 0 saturated carbocycles. The van der Waals surface area contributed by atoms with Crippen molar-refractivity contribution < 1.29 is 18.4 Å². The Hall–Kier alpha value is -3.41. The van der Waals surface area contributed by atoms with Crippen molar-refractivity contribution in [3.05, 3.63) is 89.6 Å². The van der Waals surface area contributed by atoms with Gasteiger partial charge in [-0.2, -0.15) is 0 Å². The molecule has 1 amide bonds. The van der Waals surface area contributed by atoms with E-state index in [9.17, 15) is 14.0 Å². The predicted molar refractivity (Wildman–Crippen MR) is 95.5 cm³/mol. The van der Waals surface area contributed by atoms with E-state index < -0.39 is 23.7 Å². The van der Waals surface area contributed by atoms with E-state index in [1.54, 1.807) is 42.5 Å². The summed E-state index contributed by atoms with van der Waals surface area (Å²) >= 11 is 0. The van der Waals surface area contributed by atoms with Crippen molar-refractivity contribution in [3.8, 4) is 0 Å². The number of furan rings is 1. The number of anilines is 1. The normalized spacial score (nSPS) is 11.6. The zero-order valence-electron chi connectivity index (χ0n) is 14.0. The van der Waals surface area contributed by atoms with Gasteiger partial charge in [0.2, 0.25) is 5.78 Å². The Balaban J connectivity index is 1.87. The lowest BCUT2D eigenvalue weighted by molar-refractivity contribution is 0.0852. The average Bonchev–Trinajstić information content (AvgIpc) is 3.18. The molecule has 1 atom stereocenters. The van der Waals surface area contributed by atoms with Gasteiger partial charge in [-0.05, 0) is 31.2 Å². The Morgan fingerprint density at radius 3 is 2.38 bits per heavy atom. The first-order valence-corrected chi connectivity index (χ1v) is 8.01. The second-order valence-corrected chi connectivity index (χ2v) is 5.74. The van der Waals surface area contributed by atoms with Crippen LogP contribution in [0.15, 0.2) is 71.3 Å². The minimum atomic E-state index is -1.16. The molecule has 2 N–H and O–H groups in total. The first-order valence-electron chi connectivity index (χ1n) is 8.01. The number of para-hydroxylation sites is 1. The van der Waals surface area contributed by atoms with E-state index in [2.05, 4.69) is 10.6 Å². The number of nitrogens with one attached hydrogen (secondary N) is 2. The van der Waals surface area contributed by atoms with Gasteiger partial charge < -0.3 is 15.1 Å². The van der Waals surface area contributed by atoms with Crippen LogP contribution in [0.1, 0.15) is 26.5 Å². The van der Waals surface area contributed by atoms with Crippen LogP contribution in [0.5, 0.6) is 0 Å². The predicted octanol–water partition coefficient (Wildman–Crippen LogP) is 3.78. The highest BCUT2D eigenvalue weighted by Gasteiger charge is 2.24. The molecule has 6 heteroatoms. The SMILES string of the molecule is Cc1ccc(C(=O)[C@@H](NC(=O)c2ccco2)Nc2ccccc2F)cc1. The number of Topliss-reactive ketones (excluding diaryl/α,β-unsaturated/α-hetero) is 1. The van der Waals surface area contributed by atoms with Crippen molar-refractivity contribution >= 4 is 17.4 Å². The number of rotatable bonds is 6. The standard InChI is InChI=1S/C20H17FN2O3/c1-13-8-10-14(11-9-13)18(24)19(22-16-6-3-2-5-15(16)21)23-20(25)17-7-4-12-26-17/h2-12,19,22H,1H3,(H,23,25)/t19-/m1/s1. The minimum Gasteiger partial charge on any atom is -0.459 e. The fourth-order valence-electron chi connectivity index (χ4n) is 2.40. The van der Waals surface area contributed by atoms with Crippen LogP contribution < -0.4 is 10.6 Å². The number of carbonyl (C=O) groups is 2. The summed E-state index contributed by atoms with van der Waals surface area (Å²) in [5.41, 5.74) is 1.50. The molecule has 0 aliphatic heterocycles. The van der Waals surface area contributed by atoms with Crippen molar-refractivity contribution in [2.45, 2.75) is 13.1 Å². The maximum absolute atomic E-state index is 14.0. The molecule has 0 unspecified atom stereocenters. The van der Waals surface area contributed by atoms with Gasteiger partial charge in [0, 0.05) is 5.56 Å². The van der Waals surface area contributed by atoms with Crippen LogP contribution in [-0.4, -0.2) is 17.9 Å². The van der Waals surface area contributed by atoms with Gasteiger partial charge in [-0.3, -0.25) is 9.59 Å². The molecule has 0 bridgehead atoms. The lowest BCUT2D eigenvalue weighted by atomic mass is 10.1. The maximum atomic E-state index is 14.0. The van der Waals surface area contributed by atoms with Crippen LogP contribution in [0, 0.1) is 12.7 Å². The van der Waals surface area contributed by atoms with Gasteiger partial charge in [0.25, 0.3) is 5.91 Å². The number of hydrogen-bond acceptors (Lipinski definition) is 4. The van der Waals surface area contributed by atoms with Gasteiger partial charge in [0.05, 0.1) is 12.0 Å². The fourth-order valence-corrected chi connectivity index (χ4v) is 2.40. The quantitative estimate of drug-likeness (QED) is 0.523. The van der Waals surface area contributed by atoms with Gasteiger partial charge >= 0.3 is 0 Å². The Morgan fingerprint density at radius 2 is 1.73 bits per heavy atom. The van der Waals surface area contributed by atoms with E-state index in [1.807, 2.05) is 6.92 Å². The first kappa shape index (κ1) is 17.4. The van der Waals surface area contributed by atoms with E-state index in [1.165, 1.54) is 24.5 Å². The Kier molecular flexibility index (Phi) is 5.12. The van der Waals surface area contributed by atoms with Crippen molar-refractivity contribution in [2.75, 3.05) is 5.32 Å². The Labute approximate surface area is 149 Å². The van der Waals surface area contributed by atoms with Crippen LogP contribution in [0.25, 0.3) is 0 Å². The molecule has 3 aromatic rings. The molecule has 26 heavy (non-hydrogen) atoms. The van der Waals surface area contributed by atoms with Crippen molar-refractivity contribution in [2.24, 2.45) is 0 Å². The highest BCUT2D eigenvalue weighted by atomic mass is 19.1. The second kappa shape index (κ2) is 7.65. The van der Waals surface area contributed by atoms with Crippen LogP contribution in [-0.2, 0) is 0 Å². The van der Waals surface area contributed by atoms with E-state index in [0.717, 1.165) is 5.56 Å². The summed E-state index contributed by atoms with van der Waals surface area (Å²) in [5, 5.41) is 5.30. The third kappa shape index (κ3) is 3.97. The summed E-state index contributed by atoms with van der Waals surface area (Å²) in [6, 6.07) is 15.9. The molecule has 0 aliphatic rings. The third-order valence-electron chi connectivity index (χ3n) is 3.79. The number of ketones is 1. The third-order valence-corrected chi connectivity index (χ3v) is 3.79. The highest BCUT2D eigenvalue weighted by molar-refractivity contribution is 6.04. The van der Waals surface area contributed by atoms with Gasteiger partial charge in [-0.15, -0.1) is 0 Å². The van der Waals surface area contributed by atoms with E-state index >= 15 is 0 Å². The molecule has 5 nitrogen and oxygen atoms in total. The minimum absolute atomic E-state index is 0.0574. The van der Waals surface area contributed by atoms with Crippen molar-refractivity contribution in [1.29, 1.82) is 0 Å². The van der Waals surface area contributed by atoms with E-state index in [-0.39, 0.29) is 11.4 Å². The number of amides is 1. The molecule has 0 fully saturated rings. The van der Waals surface area contributed by atoms with E-state index in [0.29, 0.717) is 5.56 Å². The first-order chi connectivity index (χ1) is 12.5. The molecular weight excluding hydrogens is 335 g/mol. The monoisotopic (exact) mass is 352 g/mol. The number of aryl methyl sites for hydroxylation is 1. The molecule has 1 heterocycles. The number of halogens is 1. The Bertz CT molecular complexity index is 905. The van der Waals surface area contributed by atoms with Crippen LogP contribution in [0.3, 0.4) is 0 Å². The molecule has 2 aromatic carbocycles. The summed E-state index contributed by atoms with van der Waals surface area (Å²) in [6.07, 6.45) is 0.197. The zero-order valence-corrected chi connectivity index (χ0v) is 14.0. The topological polar surface area (TPSA) is 71.3 Å². The van der Waals surface area contributed by atoms with Gasteiger partial charge in [-0.25, -0.2) is 4.39 Å². The molecule has 132 valence electrons. The molecular formula is C20H17FN2O3. The lowest BCUT2D eigenvalue weighted by Crippen LogP contribution is -2.46. The zero-order chi connectivity index (χ0) is 18.5. The molecule has 1 aromatic heterocycles. The summed E-state index contributed by atoms with van der Waals surface area (Å²) in [5.74, 6) is -1.44. The van der Waals surface area contributed by atoms with Gasteiger partial charge in [-0.1, -0.05) is 42.0 Å². The molecule has 0 aliphatic carbocycles. The largest absolute Gasteiger partial charge is 0.459 e. The Morgan fingerprint density at radius 1 is 1.00 bits per heavy atom. The summed E-state index contributed by atoms with van der Waals surface area (Å²) < 4.78 is 19.0. The summed E-state index contributed by atoms with van der Waals surface area (Å²) in [4.78, 5) is 25.1. The number of hydrogen-bond donors (Lipinski definition) is 2. The molecule has 0 spiro atoms. The molecule has 0 radical (unpaired) electrons. The van der Waals surface area contributed by atoms with Crippen LogP contribution >= 0.6 is 0 Å². The lowest BCUT2D eigenvalue weighted by Gasteiger charge is -2.20. The molecule has 3 rings (SSSR count). The fraction of sp³-hybridized carbons (Fsp3) is 0.100. The average molecular weight is 352 g/mol. The summed E-state index contributed by atoms with van der Waals surface area (Å²) in [7, 11) is 0. The van der Waals surface area contributed by atoms with Crippen LogP contribution in [0.2, 0.25) is 0 Å². The van der Waals surface area contributed by atoms with Crippen molar-refractivity contribution in [3.63, 3.8) is 0 Å². The highest BCUT2D eigenvalue weighted by Crippen LogP contribution is 2.16. The van der Waals surface area contributed by atoms with Gasteiger partial charge in [0.1, 0.15) is 5.82 Å². The summed E-state index contributed by atoms with van der Waals surface area (Å²) in [6.45, 7) is 1.90. The van der Waals surface area contributed by atoms with Crippen LogP contribution in [0.4, 0.5) is 10.1 Å².